The molecular formula is C15H14N2O. The molecule has 0 saturated heterocycles. The number of benzene rings is 1. The van der Waals surface area contributed by atoms with Gasteiger partial charge >= 0.3 is 0 Å². The molecule has 90 valence electrons. The number of aryl methyl sites for hydroxylation is 1. The van der Waals surface area contributed by atoms with Crippen molar-refractivity contribution in [2.24, 2.45) is 0 Å². The highest BCUT2D eigenvalue weighted by molar-refractivity contribution is 6.07. The first kappa shape index (κ1) is 12.3. The van der Waals surface area contributed by atoms with Crippen molar-refractivity contribution in [3.8, 4) is 6.07 Å². The van der Waals surface area contributed by atoms with E-state index in [0.717, 1.165) is 22.2 Å². The van der Waals surface area contributed by atoms with Gasteiger partial charge in [0.25, 0.3) is 0 Å². The molecule has 2 aromatic rings. The van der Waals surface area contributed by atoms with Gasteiger partial charge < -0.3 is 0 Å². The summed E-state index contributed by atoms with van der Waals surface area (Å²) in [5, 5.41) is 10.8. The van der Waals surface area contributed by atoms with Gasteiger partial charge in [0, 0.05) is 16.6 Å². The third kappa shape index (κ3) is 1.98. The maximum absolute atomic E-state index is 11.6. The number of nitrogens with zero attached hydrogens (tertiary/aromatic N) is 2. The number of hydrogen-bond acceptors (Lipinski definition) is 3. The van der Waals surface area contributed by atoms with E-state index >= 15 is 0 Å². The summed E-state index contributed by atoms with van der Waals surface area (Å²) in [5.41, 5.74) is 2.26. The number of nitriles is 1. The highest BCUT2D eigenvalue weighted by Crippen LogP contribution is 2.25. The maximum Gasteiger partial charge on any atom is 0.160 e. The summed E-state index contributed by atoms with van der Waals surface area (Å²) in [5.74, 6) is -0.241. The average molecular weight is 238 g/mol. The van der Waals surface area contributed by atoms with E-state index in [4.69, 9.17) is 5.26 Å². The Bertz CT molecular complexity index is 668. The van der Waals surface area contributed by atoms with Crippen LogP contribution < -0.4 is 0 Å². The number of fused-ring (bicyclic) bond motifs is 1. The van der Waals surface area contributed by atoms with Crippen molar-refractivity contribution in [3.05, 3.63) is 41.2 Å². The van der Waals surface area contributed by atoms with Crippen molar-refractivity contribution in [1.29, 1.82) is 5.26 Å². The van der Waals surface area contributed by atoms with Crippen LogP contribution in [0.4, 0.5) is 0 Å². The maximum atomic E-state index is 11.6. The molecule has 2 rings (SSSR count). The number of aromatic nitrogens is 1. The van der Waals surface area contributed by atoms with Crippen LogP contribution in [0.2, 0.25) is 0 Å². The Morgan fingerprint density at radius 2 is 2.11 bits per heavy atom. The van der Waals surface area contributed by atoms with Gasteiger partial charge in [-0.1, -0.05) is 18.2 Å². The fourth-order valence-corrected chi connectivity index (χ4v) is 2.07. The van der Waals surface area contributed by atoms with Gasteiger partial charge in [0.05, 0.1) is 17.7 Å². The Labute approximate surface area is 106 Å². The first-order chi connectivity index (χ1) is 8.54. The first-order valence-corrected chi connectivity index (χ1v) is 5.85. The molecule has 0 spiro atoms. The highest BCUT2D eigenvalue weighted by Gasteiger charge is 2.12. The monoisotopic (exact) mass is 238 g/mol. The molecule has 0 aliphatic heterocycles. The van der Waals surface area contributed by atoms with E-state index < -0.39 is 0 Å². The fourth-order valence-electron chi connectivity index (χ4n) is 2.07. The minimum atomic E-state index is -0.270. The Balaban J connectivity index is 2.81. The molecule has 0 radical (unpaired) electrons. The molecule has 1 unspecified atom stereocenters. The smallest absolute Gasteiger partial charge is 0.160 e. The molecule has 3 heteroatoms. The van der Waals surface area contributed by atoms with Crippen molar-refractivity contribution in [1.82, 2.24) is 4.98 Å². The van der Waals surface area contributed by atoms with Crippen LogP contribution in [0.3, 0.4) is 0 Å². The van der Waals surface area contributed by atoms with Gasteiger partial charge in [0.1, 0.15) is 0 Å². The molecule has 3 nitrogen and oxygen atoms in total. The number of ketones is 1. The van der Waals surface area contributed by atoms with E-state index in [1.807, 2.05) is 38.1 Å². The normalized spacial score (nSPS) is 12.1. The predicted molar refractivity (Wildman–Crippen MR) is 70.5 cm³/mol. The molecule has 1 heterocycles. The predicted octanol–water partition coefficient (Wildman–Crippen LogP) is 3.37. The lowest BCUT2D eigenvalue weighted by molar-refractivity contribution is 0.101. The third-order valence-electron chi connectivity index (χ3n) is 3.10. The SMILES string of the molecule is CC(=O)c1cccc2c(C)nc(C(C)C#N)cc12. The first-order valence-electron chi connectivity index (χ1n) is 5.85. The third-order valence-corrected chi connectivity index (χ3v) is 3.10. The summed E-state index contributed by atoms with van der Waals surface area (Å²) in [6.45, 7) is 5.27. The lowest BCUT2D eigenvalue weighted by Crippen LogP contribution is -2.00. The minimum absolute atomic E-state index is 0.0294. The van der Waals surface area contributed by atoms with Crippen LogP contribution in [0, 0.1) is 18.3 Å². The summed E-state index contributed by atoms with van der Waals surface area (Å²) < 4.78 is 0. The zero-order chi connectivity index (χ0) is 13.3. The van der Waals surface area contributed by atoms with Crippen LogP contribution in [0.25, 0.3) is 10.8 Å². The number of Topliss-reactive ketones (excluding diaryl/α,β-unsaturated/α-hetero) is 1. The topological polar surface area (TPSA) is 53.8 Å². The van der Waals surface area contributed by atoms with Crippen molar-refractivity contribution in [3.63, 3.8) is 0 Å². The van der Waals surface area contributed by atoms with E-state index in [9.17, 15) is 4.79 Å². The van der Waals surface area contributed by atoms with Crippen LogP contribution in [0.15, 0.2) is 24.3 Å². The van der Waals surface area contributed by atoms with Crippen LogP contribution in [0.5, 0.6) is 0 Å². The molecule has 1 aromatic heterocycles. The molecular weight excluding hydrogens is 224 g/mol. The lowest BCUT2D eigenvalue weighted by atomic mass is 9.98. The van der Waals surface area contributed by atoms with Crippen LogP contribution in [-0.4, -0.2) is 10.8 Å². The molecule has 0 aliphatic carbocycles. The van der Waals surface area contributed by atoms with Crippen LogP contribution in [0.1, 0.15) is 41.5 Å². The van der Waals surface area contributed by atoms with Crippen LogP contribution in [-0.2, 0) is 0 Å². The minimum Gasteiger partial charge on any atom is -0.294 e. The second-order valence-electron chi connectivity index (χ2n) is 4.44. The molecule has 0 bridgehead atoms. The van der Waals surface area contributed by atoms with E-state index in [1.165, 1.54) is 0 Å². The van der Waals surface area contributed by atoms with Crippen molar-refractivity contribution in [2.75, 3.05) is 0 Å². The van der Waals surface area contributed by atoms with Crippen molar-refractivity contribution < 1.29 is 4.79 Å². The number of rotatable bonds is 2. The zero-order valence-electron chi connectivity index (χ0n) is 10.7. The van der Waals surface area contributed by atoms with Crippen LogP contribution >= 0.6 is 0 Å². The molecule has 18 heavy (non-hydrogen) atoms. The summed E-state index contributed by atoms with van der Waals surface area (Å²) >= 11 is 0. The number of pyridine rings is 1. The van der Waals surface area contributed by atoms with Gasteiger partial charge in [-0.05, 0) is 32.2 Å². The molecule has 0 N–H and O–H groups in total. The van der Waals surface area contributed by atoms with E-state index in [1.54, 1.807) is 6.92 Å². The van der Waals surface area contributed by atoms with Crippen molar-refractivity contribution >= 4 is 16.6 Å². The molecule has 1 aromatic carbocycles. The number of hydrogen-bond donors (Lipinski definition) is 0. The standard InChI is InChI=1S/C15H14N2O/c1-9(8-16)15-7-14-12(10(2)17-15)5-4-6-13(14)11(3)18/h4-7,9H,1-3H3. The summed E-state index contributed by atoms with van der Waals surface area (Å²) in [6, 6.07) is 9.65. The molecule has 1 atom stereocenters. The van der Waals surface area contributed by atoms with E-state index in [-0.39, 0.29) is 11.7 Å². The van der Waals surface area contributed by atoms with Gasteiger partial charge in [-0.15, -0.1) is 0 Å². The van der Waals surface area contributed by atoms with E-state index in [0.29, 0.717) is 5.56 Å². The summed E-state index contributed by atoms with van der Waals surface area (Å²) in [6.07, 6.45) is 0. The van der Waals surface area contributed by atoms with Gasteiger partial charge in [-0.3, -0.25) is 9.78 Å². The largest absolute Gasteiger partial charge is 0.294 e. The Morgan fingerprint density at radius 3 is 2.72 bits per heavy atom. The highest BCUT2D eigenvalue weighted by atomic mass is 16.1. The van der Waals surface area contributed by atoms with Gasteiger partial charge in [0.2, 0.25) is 0 Å². The molecule has 0 amide bonds. The zero-order valence-corrected chi connectivity index (χ0v) is 10.7. The van der Waals surface area contributed by atoms with Crippen molar-refractivity contribution in [2.45, 2.75) is 26.7 Å². The van der Waals surface area contributed by atoms with Gasteiger partial charge in [-0.25, -0.2) is 0 Å². The fraction of sp³-hybridized carbons (Fsp3) is 0.267. The number of carbonyl (C=O) groups excluding carboxylic acids is 1. The summed E-state index contributed by atoms with van der Waals surface area (Å²) in [7, 11) is 0. The summed E-state index contributed by atoms with van der Waals surface area (Å²) in [4.78, 5) is 16.1. The van der Waals surface area contributed by atoms with Gasteiger partial charge in [-0.2, -0.15) is 5.26 Å². The second kappa shape index (κ2) is 4.58. The Morgan fingerprint density at radius 1 is 1.39 bits per heavy atom. The quantitative estimate of drug-likeness (QED) is 0.754. The second-order valence-corrected chi connectivity index (χ2v) is 4.44. The van der Waals surface area contributed by atoms with Gasteiger partial charge in [0.15, 0.2) is 5.78 Å². The number of carbonyl (C=O) groups is 1. The Kier molecular flexibility index (Phi) is 3.12. The Hall–Kier alpha value is -2.21. The molecule has 0 saturated carbocycles. The molecule has 0 fully saturated rings. The van der Waals surface area contributed by atoms with E-state index in [2.05, 4.69) is 11.1 Å². The average Bonchev–Trinajstić information content (AvgIpc) is 2.36. The molecule has 0 aliphatic rings. The lowest BCUT2D eigenvalue weighted by Gasteiger charge is -2.10.